The Bertz CT molecular complexity index is 371. The van der Waals surface area contributed by atoms with Gasteiger partial charge in [0.25, 0.3) is 0 Å². The molecule has 6 nitrogen and oxygen atoms in total. The molecule has 0 radical (unpaired) electrons. The van der Waals surface area contributed by atoms with Crippen LogP contribution in [0.3, 0.4) is 0 Å². The summed E-state index contributed by atoms with van der Waals surface area (Å²) in [5.41, 5.74) is 0. The maximum Gasteiger partial charge on any atom is 0.247 e. The molecule has 6 heteroatoms. The van der Waals surface area contributed by atoms with Gasteiger partial charge in [0.15, 0.2) is 0 Å². The van der Waals surface area contributed by atoms with Crippen molar-refractivity contribution < 1.29 is 19.1 Å². The monoisotopic (exact) mass is 314 g/mol. The molecule has 1 aliphatic heterocycles. The summed E-state index contributed by atoms with van der Waals surface area (Å²) in [5.74, 6) is 0.0312. The highest BCUT2D eigenvalue weighted by Gasteiger charge is 2.30. The van der Waals surface area contributed by atoms with Crippen molar-refractivity contribution in [2.75, 3.05) is 26.3 Å². The molecule has 1 heterocycles. The van der Waals surface area contributed by atoms with E-state index in [2.05, 4.69) is 19.2 Å². The van der Waals surface area contributed by atoms with Crippen LogP contribution in [0.1, 0.15) is 41.0 Å². The molecule has 0 spiro atoms. The molecule has 1 rings (SSSR count). The maximum atomic E-state index is 12.7. The zero-order valence-corrected chi connectivity index (χ0v) is 14.4. The van der Waals surface area contributed by atoms with E-state index < -0.39 is 6.04 Å². The minimum atomic E-state index is -0.634. The molecule has 2 unspecified atom stereocenters. The topological polar surface area (TPSA) is 67.9 Å². The van der Waals surface area contributed by atoms with Gasteiger partial charge in [-0.05, 0) is 26.2 Å². The van der Waals surface area contributed by atoms with Gasteiger partial charge in [-0.3, -0.25) is 9.59 Å². The quantitative estimate of drug-likeness (QED) is 0.799. The lowest BCUT2D eigenvalue weighted by molar-refractivity contribution is -0.139. The van der Waals surface area contributed by atoms with E-state index in [0.29, 0.717) is 25.6 Å². The first-order valence-electron chi connectivity index (χ1n) is 8.10. The number of carbonyl (C=O) groups excluding carboxylic acids is 2. The van der Waals surface area contributed by atoms with Crippen LogP contribution in [0.5, 0.6) is 0 Å². The molecule has 2 amide bonds. The molecule has 2 atom stereocenters. The third-order valence-corrected chi connectivity index (χ3v) is 3.63. The average Bonchev–Trinajstić information content (AvgIpc) is 2.68. The first-order chi connectivity index (χ1) is 10.3. The number of carbonyl (C=O) groups is 2. The van der Waals surface area contributed by atoms with Gasteiger partial charge >= 0.3 is 0 Å². The van der Waals surface area contributed by atoms with E-state index in [9.17, 15) is 9.59 Å². The van der Waals surface area contributed by atoms with Crippen LogP contribution in [-0.4, -0.2) is 61.3 Å². The largest absolute Gasteiger partial charge is 0.376 e. The standard InChI is InChI=1S/C16H30N2O4/c1-11(2)15-9-18(7-6-8-21-15)16(20)14(17-13(5)19)10-22-12(3)4/h11-12,14-15H,6-10H2,1-5H3,(H,17,19). The highest BCUT2D eigenvalue weighted by Crippen LogP contribution is 2.14. The SMILES string of the molecule is CC(=O)NC(COC(C)C)C(=O)N1CCCOC(C(C)C)C1. The Kier molecular flexibility index (Phi) is 7.82. The van der Waals surface area contributed by atoms with Crippen molar-refractivity contribution in [3.63, 3.8) is 0 Å². The van der Waals surface area contributed by atoms with Crippen molar-refractivity contribution in [3.8, 4) is 0 Å². The molecule has 0 saturated carbocycles. The Morgan fingerprint density at radius 1 is 1.32 bits per heavy atom. The fraction of sp³-hybridized carbons (Fsp3) is 0.875. The van der Waals surface area contributed by atoms with Crippen LogP contribution in [0.4, 0.5) is 0 Å². The highest BCUT2D eigenvalue weighted by atomic mass is 16.5. The van der Waals surface area contributed by atoms with Crippen molar-refractivity contribution in [1.29, 1.82) is 0 Å². The zero-order valence-electron chi connectivity index (χ0n) is 14.4. The smallest absolute Gasteiger partial charge is 0.247 e. The summed E-state index contributed by atoms with van der Waals surface area (Å²) in [6.45, 7) is 11.5. The number of nitrogens with one attached hydrogen (secondary N) is 1. The van der Waals surface area contributed by atoms with Crippen LogP contribution >= 0.6 is 0 Å². The number of hydrogen-bond donors (Lipinski definition) is 1. The molecule has 22 heavy (non-hydrogen) atoms. The summed E-state index contributed by atoms with van der Waals surface area (Å²) in [7, 11) is 0. The Labute approximate surface area is 133 Å². The van der Waals surface area contributed by atoms with Crippen molar-refractivity contribution in [2.45, 2.75) is 59.3 Å². The van der Waals surface area contributed by atoms with Crippen LogP contribution in [-0.2, 0) is 19.1 Å². The van der Waals surface area contributed by atoms with Gasteiger partial charge in [-0.1, -0.05) is 13.8 Å². The molecular weight excluding hydrogens is 284 g/mol. The third-order valence-electron chi connectivity index (χ3n) is 3.63. The second-order valence-electron chi connectivity index (χ2n) is 6.43. The van der Waals surface area contributed by atoms with Crippen LogP contribution in [0.2, 0.25) is 0 Å². The van der Waals surface area contributed by atoms with Crippen molar-refractivity contribution in [3.05, 3.63) is 0 Å². The van der Waals surface area contributed by atoms with Crippen LogP contribution in [0.25, 0.3) is 0 Å². The van der Waals surface area contributed by atoms with Gasteiger partial charge in [-0.25, -0.2) is 0 Å². The molecule has 128 valence electrons. The Hall–Kier alpha value is -1.14. The molecule has 1 N–H and O–H groups in total. The summed E-state index contributed by atoms with van der Waals surface area (Å²) >= 11 is 0. The Balaban J connectivity index is 2.74. The van der Waals surface area contributed by atoms with Gasteiger partial charge < -0.3 is 19.7 Å². The minimum Gasteiger partial charge on any atom is -0.376 e. The fourth-order valence-corrected chi connectivity index (χ4v) is 2.38. The molecule has 0 aromatic carbocycles. The van der Waals surface area contributed by atoms with Gasteiger partial charge in [0.05, 0.1) is 18.8 Å². The zero-order chi connectivity index (χ0) is 16.7. The minimum absolute atomic E-state index is 0.0138. The highest BCUT2D eigenvalue weighted by molar-refractivity contribution is 5.87. The summed E-state index contributed by atoms with van der Waals surface area (Å²) in [6.07, 6.45) is 0.864. The number of ether oxygens (including phenoxy) is 2. The average molecular weight is 314 g/mol. The number of rotatable bonds is 6. The first kappa shape index (κ1) is 18.9. The van der Waals surface area contributed by atoms with E-state index in [-0.39, 0.29) is 30.6 Å². The van der Waals surface area contributed by atoms with Crippen molar-refractivity contribution >= 4 is 11.8 Å². The van der Waals surface area contributed by atoms with Gasteiger partial charge in [-0.2, -0.15) is 0 Å². The lowest BCUT2D eigenvalue weighted by Gasteiger charge is -2.29. The van der Waals surface area contributed by atoms with E-state index in [1.165, 1.54) is 6.92 Å². The predicted molar refractivity (Wildman–Crippen MR) is 84.5 cm³/mol. The Morgan fingerprint density at radius 3 is 2.55 bits per heavy atom. The maximum absolute atomic E-state index is 12.7. The van der Waals surface area contributed by atoms with Gasteiger partial charge in [-0.15, -0.1) is 0 Å². The van der Waals surface area contributed by atoms with Gasteiger partial charge in [0, 0.05) is 26.6 Å². The van der Waals surface area contributed by atoms with Crippen LogP contribution < -0.4 is 5.32 Å². The predicted octanol–water partition coefficient (Wildman–Crippen LogP) is 1.19. The van der Waals surface area contributed by atoms with E-state index >= 15 is 0 Å². The van der Waals surface area contributed by atoms with E-state index in [1.807, 2.05) is 13.8 Å². The number of hydrogen-bond acceptors (Lipinski definition) is 4. The molecule has 1 aliphatic rings. The Morgan fingerprint density at radius 2 is 2.00 bits per heavy atom. The van der Waals surface area contributed by atoms with Gasteiger partial charge in [0.1, 0.15) is 6.04 Å². The molecule has 0 aliphatic carbocycles. The second-order valence-corrected chi connectivity index (χ2v) is 6.43. The lowest BCUT2D eigenvalue weighted by atomic mass is 10.1. The molecule has 1 fully saturated rings. The van der Waals surface area contributed by atoms with Crippen LogP contribution in [0, 0.1) is 5.92 Å². The molecule has 0 bridgehead atoms. The molecule has 0 aromatic rings. The van der Waals surface area contributed by atoms with E-state index in [1.54, 1.807) is 4.90 Å². The molecule has 0 aromatic heterocycles. The fourth-order valence-electron chi connectivity index (χ4n) is 2.38. The molecule has 1 saturated heterocycles. The number of nitrogens with zero attached hydrogens (tertiary/aromatic N) is 1. The van der Waals surface area contributed by atoms with E-state index in [4.69, 9.17) is 9.47 Å². The third kappa shape index (κ3) is 6.32. The van der Waals surface area contributed by atoms with E-state index in [0.717, 1.165) is 6.42 Å². The summed E-state index contributed by atoms with van der Waals surface area (Å²) in [6, 6.07) is -0.634. The second kappa shape index (κ2) is 9.10. The summed E-state index contributed by atoms with van der Waals surface area (Å²) in [4.78, 5) is 25.9. The van der Waals surface area contributed by atoms with Gasteiger partial charge in [0.2, 0.25) is 11.8 Å². The summed E-state index contributed by atoms with van der Waals surface area (Å²) in [5, 5.41) is 2.70. The normalized spacial score (nSPS) is 20.9. The van der Waals surface area contributed by atoms with Crippen LogP contribution in [0.15, 0.2) is 0 Å². The number of amides is 2. The summed E-state index contributed by atoms with van der Waals surface area (Å²) < 4.78 is 11.3. The van der Waals surface area contributed by atoms with Crippen molar-refractivity contribution in [1.82, 2.24) is 10.2 Å². The first-order valence-corrected chi connectivity index (χ1v) is 8.10. The lowest BCUT2D eigenvalue weighted by Crippen LogP contribution is -2.52. The van der Waals surface area contributed by atoms with Crippen molar-refractivity contribution in [2.24, 2.45) is 5.92 Å². The molecular formula is C16H30N2O4.